The molecular formula is C14H21NO2S. The normalized spacial score (nSPS) is 20.8. The van der Waals surface area contributed by atoms with Crippen LogP contribution in [0.5, 0.6) is 0 Å². The third-order valence-corrected chi connectivity index (χ3v) is 6.84. The fourth-order valence-electron chi connectivity index (χ4n) is 2.96. The van der Waals surface area contributed by atoms with Crippen molar-refractivity contribution in [2.45, 2.75) is 55.2 Å². The summed E-state index contributed by atoms with van der Waals surface area (Å²) in [5.74, 6) is 0. The molecule has 2 rings (SSSR count). The lowest BCUT2D eigenvalue weighted by Crippen LogP contribution is -2.50. The Morgan fingerprint density at radius 2 is 1.89 bits per heavy atom. The lowest BCUT2D eigenvalue weighted by Gasteiger charge is -2.32. The van der Waals surface area contributed by atoms with Gasteiger partial charge in [0.25, 0.3) is 0 Å². The molecule has 1 atom stereocenters. The summed E-state index contributed by atoms with van der Waals surface area (Å²) in [4.78, 5) is 0.418. The van der Waals surface area contributed by atoms with E-state index in [1.807, 2.05) is 19.9 Å². The van der Waals surface area contributed by atoms with Crippen LogP contribution >= 0.6 is 0 Å². The van der Waals surface area contributed by atoms with Gasteiger partial charge < -0.3 is 5.73 Å². The quantitative estimate of drug-likeness (QED) is 0.915. The minimum absolute atomic E-state index is 0.328. The van der Waals surface area contributed by atoms with Crippen molar-refractivity contribution in [2.75, 3.05) is 0 Å². The highest BCUT2D eigenvalue weighted by molar-refractivity contribution is 7.93. The number of hydrogen-bond acceptors (Lipinski definition) is 3. The topological polar surface area (TPSA) is 60.2 Å². The second kappa shape index (κ2) is 4.67. The molecule has 1 aliphatic rings. The van der Waals surface area contributed by atoms with Gasteiger partial charge in [0.1, 0.15) is 0 Å². The Morgan fingerprint density at radius 3 is 2.39 bits per heavy atom. The molecule has 100 valence electrons. The highest BCUT2D eigenvalue weighted by atomic mass is 32.2. The largest absolute Gasteiger partial charge is 0.327 e. The van der Waals surface area contributed by atoms with E-state index in [1.165, 1.54) is 0 Å². The van der Waals surface area contributed by atoms with E-state index in [0.717, 1.165) is 18.4 Å². The number of sulfone groups is 1. The third kappa shape index (κ3) is 1.97. The van der Waals surface area contributed by atoms with Gasteiger partial charge in [-0.3, -0.25) is 0 Å². The predicted molar refractivity (Wildman–Crippen MR) is 73.2 cm³/mol. The summed E-state index contributed by atoms with van der Waals surface area (Å²) in [6, 6.07) is 6.81. The Bertz CT molecular complexity index is 528. The fraction of sp³-hybridized carbons (Fsp3) is 0.571. The molecule has 1 unspecified atom stereocenters. The Balaban J connectivity index is 2.53. The predicted octanol–water partition coefficient (Wildman–Crippen LogP) is 2.43. The van der Waals surface area contributed by atoms with Crippen LogP contribution in [0.3, 0.4) is 0 Å². The SMILES string of the molecule is Cc1cccc(S(=O)(=O)C2(C(C)N)CCCC2)c1. The zero-order valence-corrected chi connectivity index (χ0v) is 11.8. The Hall–Kier alpha value is -0.870. The number of nitrogens with two attached hydrogens (primary N) is 1. The summed E-state index contributed by atoms with van der Waals surface area (Å²) >= 11 is 0. The van der Waals surface area contributed by atoms with Gasteiger partial charge in [0.15, 0.2) is 9.84 Å². The summed E-state index contributed by atoms with van der Waals surface area (Å²) in [7, 11) is -3.35. The lowest BCUT2D eigenvalue weighted by atomic mass is 9.99. The summed E-state index contributed by atoms with van der Waals surface area (Å²) in [6.45, 7) is 3.73. The highest BCUT2D eigenvalue weighted by Crippen LogP contribution is 2.42. The van der Waals surface area contributed by atoms with E-state index in [1.54, 1.807) is 18.2 Å². The molecule has 1 fully saturated rings. The van der Waals surface area contributed by atoms with E-state index < -0.39 is 14.6 Å². The van der Waals surface area contributed by atoms with Crippen LogP contribution in [0, 0.1) is 6.92 Å². The molecule has 1 aromatic rings. The van der Waals surface area contributed by atoms with Gasteiger partial charge in [-0.15, -0.1) is 0 Å². The van der Waals surface area contributed by atoms with Gasteiger partial charge in [0.2, 0.25) is 0 Å². The van der Waals surface area contributed by atoms with Crippen molar-refractivity contribution < 1.29 is 8.42 Å². The van der Waals surface area contributed by atoms with E-state index in [2.05, 4.69) is 0 Å². The van der Waals surface area contributed by atoms with Crippen molar-refractivity contribution in [1.29, 1.82) is 0 Å². The molecular weight excluding hydrogens is 246 g/mol. The molecule has 3 nitrogen and oxygen atoms in total. The van der Waals surface area contributed by atoms with E-state index in [0.29, 0.717) is 17.7 Å². The first-order valence-corrected chi connectivity index (χ1v) is 7.95. The molecule has 0 spiro atoms. The minimum atomic E-state index is -3.35. The molecule has 0 bridgehead atoms. The molecule has 0 radical (unpaired) electrons. The summed E-state index contributed by atoms with van der Waals surface area (Å²) in [5, 5.41) is 0. The van der Waals surface area contributed by atoms with Crippen LogP contribution in [0.2, 0.25) is 0 Å². The number of rotatable bonds is 3. The van der Waals surface area contributed by atoms with Gasteiger partial charge in [-0.25, -0.2) is 8.42 Å². The van der Waals surface area contributed by atoms with E-state index in [4.69, 9.17) is 5.73 Å². The molecule has 0 heterocycles. The molecule has 18 heavy (non-hydrogen) atoms. The first-order chi connectivity index (χ1) is 8.40. The average Bonchev–Trinajstić information content (AvgIpc) is 2.79. The van der Waals surface area contributed by atoms with Crippen LogP contribution in [0.25, 0.3) is 0 Å². The average molecular weight is 267 g/mol. The fourth-order valence-corrected chi connectivity index (χ4v) is 5.34. The van der Waals surface area contributed by atoms with Crippen molar-refractivity contribution in [2.24, 2.45) is 5.73 Å². The lowest BCUT2D eigenvalue weighted by molar-refractivity contribution is 0.454. The molecule has 0 amide bonds. The zero-order chi connectivity index (χ0) is 13.4. The second-order valence-electron chi connectivity index (χ2n) is 5.38. The van der Waals surface area contributed by atoms with Crippen molar-refractivity contribution in [3.63, 3.8) is 0 Å². The van der Waals surface area contributed by atoms with E-state index >= 15 is 0 Å². The van der Waals surface area contributed by atoms with Gasteiger partial charge in [-0.05, 0) is 44.4 Å². The summed E-state index contributed by atoms with van der Waals surface area (Å²) in [5.41, 5.74) is 6.98. The van der Waals surface area contributed by atoms with Crippen LogP contribution in [0.4, 0.5) is 0 Å². The summed E-state index contributed by atoms with van der Waals surface area (Å²) < 4.78 is 25.0. The monoisotopic (exact) mass is 267 g/mol. The van der Waals surface area contributed by atoms with Crippen LogP contribution in [0.15, 0.2) is 29.2 Å². The Kier molecular flexibility index (Phi) is 3.52. The molecule has 0 saturated heterocycles. The smallest absolute Gasteiger partial charge is 0.185 e. The first kappa shape index (κ1) is 13.6. The van der Waals surface area contributed by atoms with Crippen molar-refractivity contribution in [3.05, 3.63) is 29.8 Å². The Morgan fingerprint density at radius 1 is 1.28 bits per heavy atom. The molecule has 1 aromatic carbocycles. The maximum Gasteiger partial charge on any atom is 0.185 e. The minimum Gasteiger partial charge on any atom is -0.327 e. The summed E-state index contributed by atoms with van der Waals surface area (Å²) in [6.07, 6.45) is 3.26. The van der Waals surface area contributed by atoms with Crippen LogP contribution in [0.1, 0.15) is 38.2 Å². The molecule has 0 aromatic heterocycles. The van der Waals surface area contributed by atoms with Crippen molar-refractivity contribution in [3.8, 4) is 0 Å². The van der Waals surface area contributed by atoms with Gasteiger partial charge in [-0.1, -0.05) is 25.0 Å². The Labute approximate surface area is 109 Å². The van der Waals surface area contributed by atoms with Gasteiger partial charge in [0.05, 0.1) is 9.64 Å². The number of hydrogen-bond donors (Lipinski definition) is 1. The molecule has 4 heteroatoms. The second-order valence-corrected chi connectivity index (χ2v) is 7.67. The number of aryl methyl sites for hydroxylation is 1. The van der Waals surface area contributed by atoms with Crippen LogP contribution in [-0.2, 0) is 9.84 Å². The highest BCUT2D eigenvalue weighted by Gasteiger charge is 2.49. The molecule has 0 aliphatic heterocycles. The van der Waals surface area contributed by atoms with Crippen LogP contribution < -0.4 is 5.73 Å². The maximum atomic E-state index is 12.9. The van der Waals surface area contributed by atoms with Crippen molar-refractivity contribution in [1.82, 2.24) is 0 Å². The first-order valence-electron chi connectivity index (χ1n) is 6.47. The number of benzene rings is 1. The molecule has 1 aliphatic carbocycles. The van der Waals surface area contributed by atoms with E-state index in [9.17, 15) is 8.42 Å². The zero-order valence-electron chi connectivity index (χ0n) is 11.0. The van der Waals surface area contributed by atoms with Gasteiger partial charge >= 0.3 is 0 Å². The van der Waals surface area contributed by atoms with Crippen LogP contribution in [-0.4, -0.2) is 19.2 Å². The van der Waals surface area contributed by atoms with Crippen molar-refractivity contribution >= 4 is 9.84 Å². The molecule has 2 N–H and O–H groups in total. The molecule has 1 saturated carbocycles. The van der Waals surface area contributed by atoms with Gasteiger partial charge in [-0.2, -0.15) is 0 Å². The van der Waals surface area contributed by atoms with Gasteiger partial charge in [0, 0.05) is 6.04 Å². The standard InChI is InChI=1S/C14H21NO2S/c1-11-6-5-7-13(10-11)18(16,17)14(12(2)15)8-3-4-9-14/h5-7,10,12H,3-4,8-9,15H2,1-2H3. The van der Waals surface area contributed by atoms with E-state index in [-0.39, 0.29) is 6.04 Å². The third-order valence-electron chi connectivity index (χ3n) is 4.11. The maximum absolute atomic E-state index is 12.9.